The Kier molecular flexibility index (Phi) is 5.17. The maximum absolute atomic E-state index is 12.7. The molecule has 9 heteroatoms. The number of imidazole rings is 1. The Morgan fingerprint density at radius 2 is 2.11 bits per heavy atom. The molecule has 2 amide bonds. The summed E-state index contributed by atoms with van der Waals surface area (Å²) in [4.78, 5) is 32.5. The van der Waals surface area contributed by atoms with Crippen molar-refractivity contribution >= 4 is 11.8 Å². The normalized spacial score (nSPS) is 18.7. The number of aromatic nitrogens is 4. The summed E-state index contributed by atoms with van der Waals surface area (Å²) in [5.41, 5.74) is 1.41. The van der Waals surface area contributed by atoms with Gasteiger partial charge in [0.2, 0.25) is 11.8 Å². The lowest BCUT2D eigenvalue weighted by Gasteiger charge is -2.30. The summed E-state index contributed by atoms with van der Waals surface area (Å²) in [6.45, 7) is 2.36. The van der Waals surface area contributed by atoms with Gasteiger partial charge in [0, 0.05) is 39.0 Å². The van der Waals surface area contributed by atoms with Crippen molar-refractivity contribution in [2.24, 2.45) is 7.05 Å². The predicted molar refractivity (Wildman–Crippen MR) is 100.0 cm³/mol. The second kappa shape index (κ2) is 7.75. The zero-order valence-electron chi connectivity index (χ0n) is 16.1. The molecule has 2 aliphatic heterocycles. The van der Waals surface area contributed by atoms with E-state index in [1.54, 1.807) is 26.8 Å². The maximum Gasteiger partial charge on any atom is 0.242 e. The fourth-order valence-corrected chi connectivity index (χ4v) is 3.88. The third-order valence-corrected chi connectivity index (χ3v) is 5.55. The summed E-state index contributed by atoms with van der Waals surface area (Å²) < 4.78 is 3.60. The molecule has 0 aromatic carbocycles. The monoisotopic (exact) mass is 386 g/mol. The van der Waals surface area contributed by atoms with E-state index in [-0.39, 0.29) is 18.4 Å². The van der Waals surface area contributed by atoms with Crippen LogP contribution in [0.5, 0.6) is 0 Å². The van der Waals surface area contributed by atoms with E-state index in [1.165, 1.54) is 0 Å². The summed E-state index contributed by atoms with van der Waals surface area (Å²) >= 11 is 0. The lowest BCUT2D eigenvalue weighted by atomic mass is 10.2. The van der Waals surface area contributed by atoms with Crippen LogP contribution in [0.15, 0.2) is 18.5 Å². The molecule has 1 fully saturated rings. The fourth-order valence-electron chi connectivity index (χ4n) is 3.88. The number of likely N-dealkylation sites (tertiary alicyclic amines) is 1. The molecule has 2 aliphatic rings. The Morgan fingerprint density at radius 3 is 2.89 bits per heavy atom. The first kappa shape index (κ1) is 18.7. The van der Waals surface area contributed by atoms with Crippen molar-refractivity contribution < 1.29 is 14.7 Å². The number of carbonyl (C=O) groups excluding carboxylic acids is 2. The van der Waals surface area contributed by atoms with Gasteiger partial charge in [-0.05, 0) is 18.9 Å². The van der Waals surface area contributed by atoms with Crippen LogP contribution in [0.2, 0.25) is 0 Å². The molecular formula is C19H26N6O3. The largest absolute Gasteiger partial charge is 0.379 e. The third-order valence-electron chi connectivity index (χ3n) is 5.55. The van der Waals surface area contributed by atoms with Gasteiger partial charge in [0.05, 0.1) is 31.0 Å². The molecule has 4 rings (SSSR count). The number of amides is 2. The number of rotatable bonds is 4. The lowest BCUT2D eigenvalue weighted by Crippen LogP contribution is -2.45. The number of aliphatic hydroxyl groups is 1. The minimum absolute atomic E-state index is 0.0334. The number of aliphatic hydroxyl groups excluding tert-OH is 1. The first-order valence-corrected chi connectivity index (χ1v) is 9.80. The number of aryl methyl sites for hydroxylation is 1. The molecule has 150 valence electrons. The molecule has 1 atom stereocenters. The van der Waals surface area contributed by atoms with Gasteiger partial charge in [0.15, 0.2) is 6.10 Å². The average Bonchev–Trinajstić information content (AvgIpc) is 3.25. The molecule has 0 radical (unpaired) electrons. The molecule has 0 bridgehead atoms. The van der Waals surface area contributed by atoms with E-state index in [9.17, 15) is 14.7 Å². The van der Waals surface area contributed by atoms with E-state index in [0.29, 0.717) is 44.1 Å². The van der Waals surface area contributed by atoms with E-state index in [4.69, 9.17) is 0 Å². The summed E-state index contributed by atoms with van der Waals surface area (Å²) in [5.74, 6) is 0.574. The van der Waals surface area contributed by atoms with Gasteiger partial charge in [-0.2, -0.15) is 5.10 Å². The van der Waals surface area contributed by atoms with Gasteiger partial charge in [0.25, 0.3) is 0 Å². The number of hydrogen-bond donors (Lipinski definition) is 1. The Bertz CT molecular complexity index is 873. The number of fused-ring (bicyclic) bond motifs is 1. The van der Waals surface area contributed by atoms with Crippen LogP contribution in [-0.4, -0.2) is 65.7 Å². The topological polar surface area (TPSA) is 96.5 Å². The van der Waals surface area contributed by atoms with Gasteiger partial charge in [-0.25, -0.2) is 4.98 Å². The molecule has 0 aliphatic carbocycles. The average molecular weight is 386 g/mol. The van der Waals surface area contributed by atoms with Crippen LogP contribution in [0.3, 0.4) is 0 Å². The van der Waals surface area contributed by atoms with Gasteiger partial charge >= 0.3 is 0 Å². The highest BCUT2D eigenvalue weighted by molar-refractivity contribution is 5.85. The van der Waals surface area contributed by atoms with Crippen molar-refractivity contribution in [3.05, 3.63) is 35.7 Å². The second-order valence-corrected chi connectivity index (χ2v) is 7.52. The van der Waals surface area contributed by atoms with Crippen LogP contribution < -0.4 is 0 Å². The third kappa shape index (κ3) is 3.66. The highest BCUT2D eigenvalue weighted by Gasteiger charge is 2.27. The maximum atomic E-state index is 12.7. The van der Waals surface area contributed by atoms with Gasteiger partial charge in [0.1, 0.15) is 5.82 Å². The van der Waals surface area contributed by atoms with Crippen LogP contribution in [0, 0.1) is 0 Å². The van der Waals surface area contributed by atoms with Crippen molar-refractivity contribution in [3.8, 4) is 0 Å². The molecule has 1 N–H and O–H groups in total. The number of carbonyl (C=O) groups is 2. The van der Waals surface area contributed by atoms with Crippen LogP contribution >= 0.6 is 0 Å². The van der Waals surface area contributed by atoms with Gasteiger partial charge < -0.3 is 19.5 Å². The van der Waals surface area contributed by atoms with E-state index in [1.807, 2.05) is 17.8 Å². The van der Waals surface area contributed by atoms with Gasteiger partial charge in [-0.1, -0.05) is 6.42 Å². The summed E-state index contributed by atoms with van der Waals surface area (Å²) in [7, 11) is 1.83. The molecule has 0 saturated carbocycles. The Morgan fingerprint density at radius 1 is 1.25 bits per heavy atom. The summed E-state index contributed by atoms with van der Waals surface area (Å²) in [6, 6.07) is 1.83. The standard InChI is InChI=1S/C19H26N6O3/c1-22-8-6-20-19(22)18(28)15-11-14-12-24(9-10-25(14)21-15)17(27)13-23-7-4-2-3-5-16(23)26/h6,8,11,18,28H,2-5,7,9-10,12-13H2,1H3. The van der Waals surface area contributed by atoms with Crippen molar-refractivity contribution in [1.82, 2.24) is 29.1 Å². The van der Waals surface area contributed by atoms with Crippen molar-refractivity contribution in [1.29, 1.82) is 0 Å². The van der Waals surface area contributed by atoms with Crippen LogP contribution in [0.1, 0.15) is 49.0 Å². The quantitative estimate of drug-likeness (QED) is 0.823. The van der Waals surface area contributed by atoms with E-state index >= 15 is 0 Å². The smallest absolute Gasteiger partial charge is 0.242 e. The first-order chi connectivity index (χ1) is 13.5. The molecule has 2 aromatic heterocycles. The van der Waals surface area contributed by atoms with Gasteiger partial charge in [-0.15, -0.1) is 0 Å². The molecule has 9 nitrogen and oxygen atoms in total. The molecule has 0 spiro atoms. The highest BCUT2D eigenvalue weighted by Crippen LogP contribution is 2.22. The Labute approximate surface area is 163 Å². The van der Waals surface area contributed by atoms with Crippen LogP contribution in [-0.2, 0) is 29.7 Å². The first-order valence-electron chi connectivity index (χ1n) is 9.80. The number of nitrogens with zero attached hydrogens (tertiary/aromatic N) is 6. The fraction of sp³-hybridized carbons (Fsp3) is 0.579. The highest BCUT2D eigenvalue weighted by atomic mass is 16.3. The minimum atomic E-state index is -0.906. The summed E-state index contributed by atoms with van der Waals surface area (Å²) in [6.07, 6.45) is 5.96. The molecule has 1 unspecified atom stereocenters. The zero-order chi connectivity index (χ0) is 19.7. The Hall–Kier alpha value is -2.68. The predicted octanol–water partition coefficient (Wildman–Crippen LogP) is 0.443. The molecular weight excluding hydrogens is 360 g/mol. The van der Waals surface area contributed by atoms with Crippen LogP contribution in [0.25, 0.3) is 0 Å². The van der Waals surface area contributed by atoms with Crippen LogP contribution in [0.4, 0.5) is 0 Å². The zero-order valence-corrected chi connectivity index (χ0v) is 16.1. The summed E-state index contributed by atoms with van der Waals surface area (Å²) in [5, 5.41) is 15.1. The van der Waals surface area contributed by atoms with Crippen molar-refractivity contribution in [2.45, 2.75) is 44.9 Å². The molecule has 4 heterocycles. The van der Waals surface area contributed by atoms with Crippen molar-refractivity contribution in [3.63, 3.8) is 0 Å². The SMILES string of the molecule is Cn1ccnc1C(O)c1cc2n(n1)CCN(C(=O)CN1CCCCCC1=O)C2. The molecule has 2 aromatic rings. The van der Waals surface area contributed by atoms with E-state index in [0.717, 1.165) is 25.0 Å². The van der Waals surface area contributed by atoms with E-state index < -0.39 is 6.10 Å². The molecule has 1 saturated heterocycles. The van der Waals surface area contributed by atoms with Crippen molar-refractivity contribution in [2.75, 3.05) is 19.6 Å². The molecule has 28 heavy (non-hydrogen) atoms. The van der Waals surface area contributed by atoms with E-state index in [2.05, 4.69) is 10.1 Å². The minimum Gasteiger partial charge on any atom is -0.379 e. The van der Waals surface area contributed by atoms with Gasteiger partial charge in [-0.3, -0.25) is 14.3 Å². The number of hydrogen-bond acceptors (Lipinski definition) is 5. The lowest BCUT2D eigenvalue weighted by molar-refractivity contribution is -0.141. The Balaban J connectivity index is 1.43. The second-order valence-electron chi connectivity index (χ2n) is 7.52.